The van der Waals surface area contributed by atoms with Crippen molar-refractivity contribution in [2.75, 3.05) is 0 Å². The molecule has 2 N–H and O–H groups in total. The van der Waals surface area contributed by atoms with Crippen LogP contribution in [0.1, 0.15) is 26.7 Å². The van der Waals surface area contributed by atoms with Crippen molar-refractivity contribution in [2.45, 2.75) is 51.1 Å². The van der Waals surface area contributed by atoms with Crippen LogP contribution < -0.4 is 0 Å². The molecule has 0 bridgehead atoms. The summed E-state index contributed by atoms with van der Waals surface area (Å²) in [6.07, 6.45) is 2.87. The fraction of sp³-hybridized carbons (Fsp3) is 0.571. The maximum absolute atomic E-state index is 11.5. The number of hydrogen-bond acceptors (Lipinski definition) is 6. The Bertz CT molecular complexity index is 362. The minimum Gasteiger partial charge on any atom is -0.452 e. The van der Waals surface area contributed by atoms with E-state index in [2.05, 4.69) is 0 Å². The molecule has 0 aliphatic heterocycles. The Morgan fingerprint density at radius 3 is 1.60 bits per heavy atom. The predicted octanol–water partition coefficient (Wildman–Crippen LogP) is 0.478. The summed E-state index contributed by atoms with van der Waals surface area (Å²) in [7, 11) is 0. The van der Waals surface area contributed by atoms with E-state index in [1.807, 2.05) is 0 Å². The standard InChI is InChI=1S/C14H20O6/c1-3-9(15)13(17)19-11-7-5-6-8-12(11)20-14(18)10(16)4-2/h5-12,15-16H,3-4H2,1-2H3/t9?,10?,11-,12+. The first-order valence-corrected chi connectivity index (χ1v) is 6.61. The van der Waals surface area contributed by atoms with Gasteiger partial charge in [0.2, 0.25) is 0 Å². The van der Waals surface area contributed by atoms with Gasteiger partial charge >= 0.3 is 11.9 Å². The van der Waals surface area contributed by atoms with E-state index in [9.17, 15) is 19.8 Å². The summed E-state index contributed by atoms with van der Waals surface area (Å²) in [4.78, 5) is 23.1. The molecule has 0 amide bonds. The Labute approximate surface area is 117 Å². The van der Waals surface area contributed by atoms with E-state index >= 15 is 0 Å². The van der Waals surface area contributed by atoms with E-state index < -0.39 is 36.4 Å². The van der Waals surface area contributed by atoms with Crippen LogP contribution in [0.15, 0.2) is 24.3 Å². The zero-order valence-electron chi connectivity index (χ0n) is 11.6. The van der Waals surface area contributed by atoms with Crippen molar-refractivity contribution in [3.8, 4) is 0 Å². The number of hydrogen-bond donors (Lipinski definition) is 2. The number of carbonyl (C=O) groups is 2. The number of ether oxygens (including phenoxy) is 2. The number of allylic oxidation sites excluding steroid dienone is 2. The molecule has 0 aromatic heterocycles. The molecule has 0 saturated carbocycles. The summed E-state index contributed by atoms with van der Waals surface area (Å²) in [5.74, 6) is -1.54. The molecule has 6 nitrogen and oxygen atoms in total. The van der Waals surface area contributed by atoms with Crippen molar-refractivity contribution >= 4 is 11.9 Å². The van der Waals surface area contributed by atoms with Gasteiger partial charge in [0.05, 0.1) is 0 Å². The molecule has 0 heterocycles. The van der Waals surface area contributed by atoms with Crippen LogP contribution in [-0.2, 0) is 19.1 Å². The maximum Gasteiger partial charge on any atom is 0.335 e. The molecule has 6 heteroatoms. The first-order chi connectivity index (χ1) is 9.49. The van der Waals surface area contributed by atoms with Crippen molar-refractivity contribution in [2.24, 2.45) is 0 Å². The molecular formula is C14H20O6. The molecule has 1 rings (SSSR count). The van der Waals surface area contributed by atoms with Crippen LogP contribution in [-0.4, -0.2) is 46.6 Å². The highest BCUT2D eigenvalue weighted by Crippen LogP contribution is 2.15. The average Bonchev–Trinajstić information content (AvgIpc) is 2.47. The lowest BCUT2D eigenvalue weighted by Crippen LogP contribution is -2.38. The Hall–Kier alpha value is -1.66. The van der Waals surface area contributed by atoms with Gasteiger partial charge in [-0.15, -0.1) is 0 Å². The number of aliphatic hydroxyl groups is 2. The third kappa shape index (κ3) is 4.47. The summed E-state index contributed by atoms with van der Waals surface area (Å²) >= 11 is 0. The molecule has 0 aromatic rings. The van der Waals surface area contributed by atoms with Crippen LogP contribution >= 0.6 is 0 Å². The molecule has 112 valence electrons. The predicted molar refractivity (Wildman–Crippen MR) is 70.6 cm³/mol. The molecule has 1 aliphatic carbocycles. The summed E-state index contributed by atoms with van der Waals surface area (Å²) in [5, 5.41) is 18.8. The lowest BCUT2D eigenvalue weighted by atomic mass is 10.1. The molecule has 0 fully saturated rings. The normalized spacial score (nSPS) is 24.0. The summed E-state index contributed by atoms with van der Waals surface area (Å²) in [5.41, 5.74) is 0. The van der Waals surface area contributed by atoms with Gasteiger partial charge in [0.1, 0.15) is 0 Å². The van der Waals surface area contributed by atoms with E-state index in [0.29, 0.717) is 0 Å². The topological polar surface area (TPSA) is 93.1 Å². The fourth-order valence-corrected chi connectivity index (χ4v) is 1.54. The van der Waals surface area contributed by atoms with Gasteiger partial charge in [-0.1, -0.05) is 26.0 Å². The van der Waals surface area contributed by atoms with Gasteiger partial charge in [-0.25, -0.2) is 9.59 Å². The molecule has 2 unspecified atom stereocenters. The van der Waals surface area contributed by atoms with Gasteiger partial charge in [0.25, 0.3) is 0 Å². The van der Waals surface area contributed by atoms with Crippen molar-refractivity contribution in [3.05, 3.63) is 24.3 Å². The molecular weight excluding hydrogens is 264 g/mol. The van der Waals surface area contributed by atoms with Crippen molar-refractivity contribution < 1.29 is 29.3 Å². The Morgan fingerprint density at radius 2 is 1.30 bits per heavy atom. The van der Waals surface area contributed by atoms with Gasteiger partial charge < -0.3 is 19.7 Å². The van der Waals surface area contributed by atoms with Crippen LogP contribution in [0.4, 0.5) is 0 Å². The number of rotatable bonds is 6. The van der Waals surface area contributed by atoms with Crippen molar-refractivity contribution in [1.82, 2.24) is 0 Å². The second-order valence-electron chi connectivity index (χ2n) is 4.42. The summed E-state index contributed by atoms with van der Waals surface area (Å²) in [6.45, 7) is 3.30. The maximum atomic E-state index is 11.5. The lowest BCUT2D eigenvalue weighted by Gasteiger charge is -2.25. The molecule has 0 aromatic carbocycles. The molecule has 4 atom stereocenters. The highest BCUT2D eigenvalue weighted by Gasteiger charge is 2.29. The van der Waals surface area contributed by atoms with Gasteiger partial charge in [0.15, 0.2) is 24.4 Å². The van der Waals surface area contributed by atoms with Crippen LogP contribution in [0.2, 0.25) is 0 Å². The Balaban J connectivity index is 2.64. The molecule has 0 spiro atoms. The van der Waals surface area contributed by atoms with Gasteiger partial charge in [-0.05, 0) is 25.0 Å². The van der Waals surface area contributed by atoms with Crippen LogP contribution in [0.25, 0.3) is 0 Å². The minimum absolute atomic E-state index is 0.240. The van der Waals surface area contributed by atoms with Gasteiger partial charge in [-0.2, -0.15) is 0 Å². The second kappa shape index (κ2) is 7.81. The first kappa shape index (κ1) is 16.4. The largest absolute Gasteiger partial charge is 0.452 e. The van der Waals surface area contributed by atoms with E-state index in [0.717, 1.165) is 0 Å². The Kier molecular flexibility index (Phi) is 6.41. The summed E-state index contributed by atoms with van der Waals surface area (Å²) in [6, 6.07) is 0. The van der Waals surface area contributed by atoms with E-state index in [-0.39, 0.29) is 12.8 Å². The number of esters is 2. The zero-order valence-corrected chi connectivity index (χ0v) is 11.6. The third-order valence-corrected chi connectivity index (χ3v) is 2.86. The third-order valence-electron chi connectivity index (χ3n) is 2.86. The molecule has 0 saturated heterocycles. The number of carbonyl (C=O) groups excluding carboxylic acids is 2. The Morgan fingerprint density at radius 1 is 0.950 bits per heavy atom. The van der Waals surface area contributed by atoms with Gasteiger partial charge in [0, 0.05) is 0 Å². The SMILES string of the molecule is CCC(O)C(=O)O[C@H]1C=CC=C[C@H]1OC(=O)C(O)CC. The quantitative estimate of drug-likeness (QED) is 0.689. The van der Waals surface area contributed by atoms with Crippen molar-refractivity contribution in [3.63, 3.8) is 0 Å². The van der Waals surface area contributed by atoms with E-state index in [4.69, 9.17) is 9.47 Å². The van der Waals surface area contributed by atoms with Crippen LogP contribution in [0, 0.1) is 0 Å². The monoisotopic (exact) mass is 284 g/mol. The zero-order chi connectivity index (χ0) is 15.1. The van der Waals surface area contributed by atoms with E-state index in [1.165, 1.54) is 0 Å². The summed E-state index contributed by atoms with van der Waals surface area (Å²) < 4.78 is 10.2. The van der Waals surface area contributed by atoms with Crippen LogP contribution in [0.5, 0.6) is 0 Å². The first-order valence-electron chi connectivity index (χ1n) is 6.61. The van der Waals surface area contributed by atoms with Crippen molar-refractivity contribution in [1.29, 1.82) is 0 Å². The van der Waals surface area contributed by atoms with E-state index in [1.54, 1.807) is 38.2 Å². The lowest BCUT2D eigenvalue weighted by molar-refractivity contribution is -0.171. The molecule has 20 heavy (non-hydrogen) atoms. The highest BCUT2D eigenvalue weighted by atomic mass is 16.6. The van der Waals surface area contributed by atoms with Crippen LogP contribution in [0.3, 0.4) is 0 Å². The fourth-order valence-electron chi connectivity index (χ4n) is 1.54. The average molecular weight is 284 g/mol. The minimum atomic E-state index is -1.20. The number of aliphatic hydroxyl groups excluding tert-OH is 2. The highest BCUT2D eigenvalue weighted by molar-refractivity contribution is 5.76. The van der Waals surface area contributed by atoms with Gasteiger partial charge in [-0.3, -0.25) is 0 Å². The smallest absolute Gasteiger partial charge is 0.335 e. The molecule has 0 radical (unpaired) electrons. The molecule has 1 aliphatic rings. The second-order valence-corrected chi connectivity index (χ2v) is 4.42.